The maximum atomic E-state index is 11.6. The molecule has 7 heteroatoms. The normalized spacial score (nSPS) is 18.0. The number of hydrogen-bond acceptors (Lipinski definition) is 6. The Kier molecular flexibility index (Phi) is 4.12. The SMILES string of the molecule is O=C(NCC(O)COc1ccc2c(c1)OCO2)C1CNC1. The lowest BCUT2D eigenvalue weighted by Crippen LogP contribution is -2.52. The molecule has 114 valence electrons. The van der Waals surface area contributed by atoms with Crippen molar-refractivity contribution in [2.45, 2.75) is 6.10 Å². The first-order valence-corrected chi connectivity index (χ1v) is 6.91. The van der Waals surface area contributed by atoms with Gasteiger partial charge in [-0.3, -0.25) is 4.79 Å². The molecule has 0 spiro atoms. The van der Waals surface area contributed by atoms with Crippen LogP contribution < -0.4 is 24.8 Å². The standard InChI is InChI=1S/C14H18N2O5/c17-10(6-16-14(18)9-4-15-5-9)7-19-11-1-2-12-13(3-11)21-8-20-12/h1-3,9-10,15,17H,4-8H2,(H,16,18). The van der Waals surface area contributed by atoms with Crippen molar-refractivity contribution >= 4 is 5.91 Å². The maximum Gasteiger partial charge on any atom is 0.231 e. The highest BCUT2D eigenvalue weighted by Gasteiger charge is 2.24. The summed E-state index contributed by atoms with van der Waals surface area (Å²) in [6.45, 7) is 1.90. The van der Waals surface area contributed by atoms with Crippen LogP contribution in [0.5, 0.6) is 17.2 Å². The van der Waals surface area contributed by atoms with Crippen molar-refractivity contribution in [1.82, 2.24) is 10.6 Å². The minimum absolute atomic E-state index is 0.0204. The summed E-state index contributed by atoms with van der Waals surface area (Å²) in [5.74, 6) is 1.90. The first kappa shape index (κ1) is 14.0. The zero-order valence-electron chi connectivity index (χ0n) is 11.5. The van der Waals surface area contributed by atoms with Gasteiger partial charge < -0.3 is 30.0 Å². The lowest BCUT2D eigenvalue weighted by atomic mass is 10.0. The van der Waals surface area contributed by atoms with Gasteiger partial charge in [0, 0.05) is 25.7 Å². The number of nitrogens with one attached hydrogen (secondary N) is 2. The summed E-state index contributed by atoms with van der Waals surface area (Å²) < 4.78 is 15.9. The molecule has 1 saturated heterocycles. The van der Waals surface area contributed by atoms with Crippen molar-refractivity contribution in [2.24, 2.45) is 5.92 Å². The van der Waals surface area contributed by atoms with Crippen LogP contribution in [0.4, 0.5) is 0 Å². The predicted octanol–water partition coefficient (Wildman–Crippen LogP) is -0.509. The molecular weight excluding hydrogens is 276 g/mol. The fourth-order valence-corrected chi connectivity index (χ4v) is 2.05. The molecule has 21 heavy (non-hydrogen) atoms. The Hall–Kier alpha value is -1.99. The number of ether oxygens (including phenoxy) is 3. The van der Waals surface area contributed by atoms with E-state index in [1.165, 1.54) is 0 Å². The number of carbonyl (C=O) groups excluding carboxylic acids is 1. The van der Waals surface area contributed by atoms with E-state index in [0.717, 1.165) is 0 Å². The van der Waals surface area contributed by atoms with Crippen molar-refractivity contribution < 1.29 is 24.1 Å². The van der Waals surface area contributed by atoms with E-state index >= 15 is 0 Å². The van der Waals surface area contributed by atoms with Gasteiger partial charge in [0.05, 0.1) is 5.92 Å². The monoisotopic (exact) mass is 294 g/mol. The van der Waals surface area contributed by atoms with Crippen molar-refractivity contribution in [3.05, 3.63) is 18.2 Å². The Balaban J connectivity index is 1.41. The van der Waals surface area contributed by atoms with Crippen LogP contribution in [-0.4, -0.2) is 50.2 Å². The minimum atomic E-state index is -0.757. The Labute approximate surface area is 122 Å². The smallest absolute Gasteiger partial charge is 0.231 e. The van der Waals surface area contributed by atoms with Gasteiger partial charge in [-0.1, -0.05) is 0 Å². The van der Waals surface area contributed by atoms with E-state index in [9.17, 15) is 9.90 Å². The molecule has 0 aliphatic carbocycles. The summed E-state index contributed by atoms with van der Waals surface area (Å²) in [5.41, 5.74) is 0. The highest BCUT2D eigenvalue weighted by Crippen LogP contribution is 2.35. The molecule has 1 unspecified atom stereocenters. The molecule has 2 aliphatic heterocycles. The van der Waals surface area contributed by atoms with Crippen molar-refractivity contribution in [2.75, 3.05) is 33.0 Å². The quantitative estimate of drug-likeness (QED) is 0.655. The number of hydrogen-bond donors (Lipinski definition) is 3. The molecule has 0 bridgehead atoms. The highest BCUT2D eigenvalue weighted by molar-refractivity contribution is 5.80. The second-order valence-electron chi connectivity index (χ2n) is 5.08. The molecule has 0 saturated carbocycles. The Bertz CT molecular complexity index is 518. The maximum absolute atomic E-state index is 11.6. The third-order valence-electron chi connectivity index (χ3n) is 3.45. The van der Waals surface area contributed by atoms with Gasteiger partial charge >= 0.3 is 0 Å². The third kappa shape index (κ3) is 3.37. The zero-order chi connectivity index (χ0) is 14.7. The molecule has 1 atom stereocenters. The van der Waals surface area contributed by atoms with Crippen LogP contribution in [0.3, 0.4) is 0 Å². The van der Waals surface area contributed by atoms with Crippen LogP contribution in [0.15, 0.2) is 18.2 Å². The fraction of sp³-hybridized carbons (Fsp3) is 0.500. The zero-order valence-corrected chi connectivity index (χ0v) is 11.5. The molecule has 1 amide bonds. The number of carbonyl (C=O) groups is 1. The second-order valence-corrected chi connectivity index (χ2v) is 5.08. The molecule has 1 aromatic rings. The first-order chi connectivity index (χ1) is 10.2. The van der Waals surface area contributed by atoms with Gasteiger partial charge in [-0.15, -0.1) is 0 Å². The molecule has 7 nitrogen and oxygen atoms in total. The average Bonchev–Trinajstić information content (AvgIpc) is 2.88. The Morgan fingerprint density at radius 1 is 1.43 bits per heavy atom. The molecule has 0 radical (unpaired) electrons. The van der Waals surface area contributed by atoms with E-state index in [1.54, 1.807) is 18.2 Å². The summed E-state index contributed by atoms with van der Waals surface area (Å²) in [4.78, 5) is 11.6. The van der Waals surface area contributed by atoms with Crippen LogP contribution in [0.25, 0.3) is 0 Å². The average molecular weight is 294 g/mol. The van der Waals surface area contributed by atoms with E-state index in [-0.39, 0.29) is 31.8 Å². The first-order valence-electron chi connectivity index (χ1n) is 6.91. The summed E-state index contributed by atoms with van der Waals surface area (Å²) >= 11 is 0. The second kappa shape index (κ2) is 6.19. The van der Waals surface area contributed by atoms with Gasteiger partial charge in [-0.25, -0.2) is 0 Å². The van der Waals surface area contributed by atoms with Gasteiger partial charge in [-0.05, 0) is 12.1 Å². The Morgan fingerprint density at radius 3 is 3.00 bits per heavy atom. The molecule has 3 rings (SSSR count). The summed E-state index contributed by atoms with van der Waals surface area (Å²) in [5, 5.41) is 15.5. The molecule has 3 N–H and O–H groups in total. The highest BCUT2D eigenvalue weighted by atomic mass is 16.7. The van der Waals surface area contributed by atoms with Gasteiger partial charge in [0.25, 0.3) is 0 Å². The van der Waals surface area contributed by atoms with Gasteiger partial charge in [0.1, 0.15) is 18.5 Å². The van der Waals surface area contributed by atoms with Crippen LogP contribution in [0, 0.1) is 5.92 Å². The minimum Gasteiger partial charge on any atom is -0.491 e. The molecule has 2 heterocycles. The van der Waals surface area contributed by atoms with Crippen LogP contribution >= 0.6 is 0 Å². The van der Waals surface area contributed by atoms with Crippen LogP contribution in [0.2, 0.25) is 0 Å². The summed E-state index contributed by atoms with van der Waals surface area (Å²) in [6, 6.07) is 5.22. The number of benzene rings is 1. The number of aliphatic hydroxyl groups excluding tert-OH is 1. The third-order valence-corrected chi connectivity index (χ3v) is 3.45. The predicted molar refractivity (Wildman–Crippen MR) is 73.4 cm³/mol. The fourth-order valence-electron chi connectivity index (χ4n) is 2.05. The molecular formula is C14H18N2O5. The topological polar surface area (TPSA) is 89.1 Å². The molecule has 1 aromatic carbocycles. The largest absolute Gasteiger partial charge is 0.491 e. The number of amides is 1. The van der Waals surface area contributed by atoms with E-state index in [4.69, 9.17) is 14.2 Å². The lowest BCUT2D eigenvalue weighted by molar-refractivity contribution is -0.126. The van der Waals surface area contributed by atoms with E-state index < -0.39 is 6.10 Å². The van der Waals surface area contributed by atoms with Crippen LogP contribution in [0.1, 0.15) is 0 Å². The lowest BCUT2D eigenvalue weighted by Gasteiger charge is -2.26. The number of fused-ring (bicyclic) bond motifs is 1. The van der Waals surface area contributed by atoms with Crippen LogP contribution in [-0.2, 0) is 4.79 Å². The van der Waals surface area contributed by atoms with Crippen molar-refractivity contribution in [1.29, 1.82) is 0 Å². The van der Waals surface area contributed by atoms with Gasteiger partial charge in [0.15, 0.2) is 11.5 Å². The molecule has 0 aromatic heterocycles. The van der Waals surface area contributed by atoms with Gasteiger partial charge in [0.2, 0.25) is 12.7 Å². The number of rotatable bonds is 6. The van der Waals surface area contributed by atoms with Crippen molar-refractivity contribution in [3.8, 4) is 17.2 Å². The molecule has 1 fully saturated rings. The van der Waals surface area contributed by atoms with Gasteiger partial charge in [-0.2, -0.15) is 0 Å². The van der Waals surface area contributed by atoms with E-state index in [0.29, 0.717) is 30.3 Å². The van der Waals surface area contributed by atoms with E-state index in [2.05, 4.69) is 10.6 Å². The summed E-state index contributed by atoms with van der Waals surface area (Å²) in [6.07, 6.45) is -0.757. The number of aliphatic hydroxyl groups is 1. The van der Waals surface area contributed by atoms with Crippen molar-refractivity contribution in [3.63, 3.8) is 0 Å². The van der Waals surface area contributed by atoms with E-state index in [1.807, 2.05) is 0 Å². The molecule has 2 aliphatic rings. The Morgan fingerprint density at radius 2 is 2.24 bits per heavy atom. The summed E-state index contributed by atoms with van der Waals surface area (Å²) in [7, 11) is 0.